The van der Waals surface area contributed by atoms with Crippen molar-refractivity contribution in [1.29, 1.82) is 0 Å². The average Bonchev–Trinajstić information content (AvgIpc) is 3.21. The Balaban J connectivity index is 1.56. The fourth-order valence-corrected chi connectivity index (χ4v) is 4.65. The Kier molecular flexibility index (Phi) is 6.15. The topological polar surface area (TPSA) is 64.0 Å². The van der Waals surface area contributed by atoms with Crippen LogP contribution in [0, 0.1) is 18.6 Å². The summed E-state index contributed by atoms with van der Waals surface area (Å²) in [5.41, 5.74) is 2.18. The Labute approximate surface area is 184 Å². The van der Waals surface area contributed by atoms with Gasteiger partial charge in [0.15, 0.2) is 5.16 Å². The van der Waals surface area contributed by atoms with Gasteiger partial charge in [-0.2, -0.15) is 0 Å². The van der Waals surface area contributed by atoms with Gasteiger partial charge in [0, 0.05) is 18.2 Å². The molecule has 9 heteroatoms. The third-order valence-corrected chi connectivity index (χ3v) is 6.46. The van der Waals surface area contributed by atoms with Crippen LogP contribution in [0.2, 0.25) is 0 Å². The number of hydrogen-bond donors (Lipinski definition) is 1. The molecule has 0 spiro atoms. The number of amides is 1. The van der Waals surface area contributed by atoms with E-state index in [4.69, 9.17) is 0 Å². The van der Waals surface area contributed by atoms with Crippen LogP contribution in [0.15, 0.2) is 63.9 Å². The Bertz CT molecular complexity index is 1330. The van der Waals surface area contributed by atoms with Crippen LogP contribution < -0.4 is 10.9 Å². The minimum Gasteiger partial charge on any atom is -0.351 e. The molecular formula is C22H17F2N3O2S2. The number of nitrogens with one attached hydrogen (secondary N) is 1. The van der Waals surface area contributed by atoms with Gasteiger partial charge in [0.05, 0.1) is 17.0 Å². The molecule has 0 saturated heterocycles. The monoisotopic (exact) mass is 457 g/mol. The molecule has 1 amide bonds. The average molecular weight is 458 g/mol. The van der Waals surface area contributed by atoms with Crippen LogP contribution in [0.25, 0.3) is 15.9 Å². The minimum atomic E-state index is -0.717. The molecule has 0 aliphatic rings. The SMILES string of the molecule is Cc1ccccc1-n1c(SCC(=O)NCc2ccc(F)cc2F)nc2ccsc2c1=O. The van der Waals surface area contributed by atoms with Gasteiger partial charge in [0.2, 0.25) is 5.91 Å². The van der Waals surface area contributed by atoms with E-state index in [2.05, 4.69) is 10.3 Å². The summed E-state index contributed by atoms with van der Waals surface area (Å²) in [6.07, 6.45) is 0. The first-order chi connectivity index (χ1) is 14.9. The fraction of sp³-hybridized carbons (Fsp3) is 0.136. The lowest BCUT2D eigenvalue weighted by molar-refractivity contribution is -0.118. The number of fused-ring (bicyclic) bond motifs is 1. The molecule has 31 heavy (non-hydrogen) atoms. The summed E-state index contributed by atoms with van der Waals surface area (Å²) in [6, 6.07) is 12.4. The normalized spacial score (nSPS) is 11.1. The van der Waals surface area contributed by atoms with Crippen molar-refractivity contribution in [3.63, 3.8) is 0 Å². The Morgan fingerprint density at radius 1 is 1.19 bits per heavy atom. The molecule has 1 N–H and O–H groups in total. The highest BCUT2D eigenvalue weighted by atomic mass is 32.2. The Morgan fingerprint density at radius 3 is 2.77 bits per heavy atom. The van der Waals surface area contributed by atoms with Crippen LogP contribution in [-0.4, -0.2) is 21.2 Å². The zero-order valence-corrected chi connectivity index (χ0v) is 18.0. The summed E-state index contributed by atoms with van der Waals surface area (Å²) < 4.78 is 28.8. The van der Waals surface area contributed by atoms with Gasteiger partial charge in [-0.05, 0) is 36.1 Å². The molecule has 158 valence electrons. The van der Waals surface area contributed by atoms with E-state index < -0.39 is 11.6 Å². The lowest BCUT2D eigenvalue weighted by Crippen LogP contribution is -2.26. The van der Waals surface area contributed by atoms with E-state index in [0.717, 1.165) is 29.5 Å². The van der Waals surface area contributed by atoms with Gasteiger partial charge in [-0.1, -0.05) is 36.0 Å². The van der Waals surface area contributed by atoms with Gasteiger partial charge in [0.25, 0.3) is 5.56 Å². The summed E-state index contributed by atoms with van der Waals surface area (Å²) >= 11 is 2.45. The van der Waals surface area contributed by atoms with E-state index in [9.17, 15) is 18.4 Å². The highest BCUT2D eigenvalue weighted by Crippen LogP contribution is 2.25. The van der Waals surface area contributed by atoms with Crippen molar-refractivity contribution in [2.24, 2.45) is 0 Å². The molecule has 0 bridgehead atoms. The molecule has 2 heterocycles. The van der Waals surface area contributed by atoms with Gasteiger partial charge in [-0.25, -0.2) is 13.8 Å². The van der Waals surface area contributed by atoms with Gasteiger partial charge < -0.3 is 5.32 Å². The Morgan fingerprint density at radius 2 is 2.00 bits per heavy atom. The molecule has 0 aliphatic heterocycles. The van der Waals surface area contributed by atoms with Crippen molar-refractivity contribution in [3.05, 3.63) is 87.0 Å². The molecule has 0 saturated carbocycles. The molecular weight excluding hydrogens is 440 g/mol. The number of aryl methyl sites for hydroxylation is 1. The van der Waals surface area contributed by atoms with Crippen molar-refractivity contribution in [3.8, 4) is 5.69 Å². The van der Waals surface area contributed by atoms with E-state index in [1.807, 2.05) is 31.2 Å². The second-order valence-electron chi connectivity index (χ2n) is 6.76. The maximum atomic E-state index is 13.7. The van der Waals surface area contributed by atoms with Crippen LogP contribution in [0.5, 0.6) is 0 Å². The number of carbonyl (C=O) groups excluding carboxylic acids is 1. The molecule has 0 fully saturated rings. The van der Waals surface area contributed by atoms with Crippen molar-refractivity contribution >= 4 is 39.2 Å². The molecule has 2 aromatic heterocycles. The summed E-state index contributed by atoms with van der Waals surface area (Å²) in [6.45, 7) is 1.84. The number of nitrogens with zero attached hydrogens (tertiary/aromatic N) is 2. The quantitative estimate of drug-likeness (QED) is 0.343. The van der Waals surface area contributed by atoms with E-state index in [0.29, 0.717) is 21.1 Å². The largest absolute Gasteiger partial charge is 0.351 e. The third kappa shape index (κ3) is 4.52. The van der Waals surface area contributed by atoms with Crippen LogP contribution in [0.4, 0.5) is 8.78 Å². The van der Waals surface area contributed by atoms with Crippen molar-refractivity contribution in [2.45, 2.75) is 18.6 Å². The van der Waals surface area contributed by atoms with Crippen molar-refractivity contribution in [2.75, 3.05) is 5.75 Å². The Hall–Kier alpha value is -3.04. The van der Waals surface area contributed by atoms with Crippen LogP contribution in [0.3, 0.4) is 0 Å². The summed E-state index contributed by atoms with van der Waals surface area (Å²) in [4.78, 5) is 30.1. The number of benzene rings is 2. The predicted molar refractivity (Wildman–Crippen MR) is 119 cm³/mol. The van der Waals surface area contributed by atoms with E-state index >= 15 is 0 Å². The molecule has 0 aliphatic carbocycles. The van der Waals surface area contributed by atoms with Crippen LogP contribution in [-0.2, 0) is 11.3 Å². The molecule has 0 atom stereocenters. The van der Waals surface area contributed by atoms with E-state index in [-0.39, 0.29) is 29.3 Å². The van der Waals surface area contributed by atoms with Crippen molar-refractivity contribution < 1.29 is 13.6 Å². The van der Waals surface area contributed by atoms with E-state index in [1.54, 1.807) is 11.4 Å². The first-order valence-electron chi connectivity index (χ1n) is 9.33. The molecule has 0 radical (unpaired) electrons. The van der Waals surface area contributed by atoms with Crippen LogP contribution >= 0.6 is 23.1 Å². The van der Waals surface area contributed by atoms with Gasteiger partial charge in [-0.3, -0.25) is 14.2 Å². The number of rotatable bonds is 6. The number of thioether (sulfide) groups is 1. The fourth-order valence-electron chi connectivity index (χ4n) is 3.06. The minimum absolute atomic E-state index is 0.0171. The maximum Gasteiger partial charge on any atom is 0.276 e. The third-order valence-electron chi connectivity index (χ3n) is 4.63. The zero-order valence-electron chi connectivity index (χ0n) is 16.4. The maximum absolute atomic E-state index is 13.7. The number of para-hydroxylation sites is 1. The van der Waals surface area contributed by atoms with E-state index in [1.165, 1.54) is 22.0 Å². The first-order valence-corrected chi connectivity index (χ1v) is 11.2. The second-order valence-corrected chi connectivity index (χ2v) is 8.62. The van der Waals surface area contributed by atoms with Crippen LogP contribution in [0.1, 0.15) is 11.1 Å². The number of carbonyl (C=O) groups is 1. The number of halogens is 2. The molecule has 5 nitrogen and oxygen atoms in total. The zero-order chi connectivity index (χ0) is 22.0. The van der Waals surface area contributed by atoms with Gasteiger partial charge >= 0.3 is 0 Å². The summed E-state index contributed by atoms with van der Waals surface area (Å²) in [7, 11) is 0. The number of hydrogen-bond acceptors (Lipinski definition) is 5. The number of thiophene rings is 1. The van der Waals surface area contributed by atoms with Crippen molar-refractivity contribution in [1.82, 2.24) is 14.9 Å². The van der Waals surface area contributed by atoms with Gasteiger partial charge in [-0.15, -0.1) is 11.3 Å². The van der Waals surface area contributed by atoms with Gasteiger partial charge in [0.1, 0.15) is 16.3 Å². The first kappa shape index (κ1) is 21.2. The molecule has 2 aromatic carbocycles. The summed E-state index contributed by atoms with van der Waals surface area (Å²) in [5.74, 6) is -1.76. The highest BCUT2D eigenvalue weighted by molar-refractivity contribution is 7.99. The number of aromatic nitrogens is 2. The molecule has 0 unspecified atom stereocenters. The molecule has 4 aromatic rings. The lowest BCUT2D eigenvalue weighted by Gasteiger charge is -2.14. The molecule has 4 rings (SSSR count). The summed E-state index contributed by atoms with van der Waals surface area (Å²) in [5, 5.41) is 4.81. The second kappa shape index (κ2) is 8.99. The predicted octanol–water partition coefficient (Wildman–Crippen LogP) is 4.44. The smallest absolute Gasteiger partial charge is 0.276 e. The lowest BCUT2D eigenvalue weighted by atomic mass is 10.2. The standard InChI is InChI=1S/C22H17F2N3O2S2/c1-13-4-2-3-5-18(13)27-21(29)20-17(8-9-30-20)26-22(27)31-12-19(28)25-11-14-6-7-15(23)10-16(14)24/h2-10H,11-12H2,1H3,(H,25,28). The highest BCUT2D eigenvalue weighted by Gasteiger charge is 2.17.